The molecule has 0 bridgehead atoms. The van der Waals surface area contributed by atoms with E-state index >= 15 is 0 Å². The van der Waals surface area contributed by atoms with Gasteiger partial charge < -0.3 is 5.73 Å². The Bertz CT molecular complexity index is 949. The summed E-state index contributed by atoms with van der Waals surface area (Å²) in [6, 6.07) is 6.23. The first kappa shape index (κ1) is 16.5. The third-order valence-corrected chi connectivity index (χ3v) is 3.97. The fraction of sp³-hybridized carbons (Fsp3) is 0.133. The highest BCUT2D eigenvalue weighted by atomic mass is 35.5. The molecule has 24 heavy (non-hydrogen) atoms. The van der Waals surface area contributed by atoms with Gasteiger partial charge in [-0.25, -0.2) is 9.97 Å². The van der Waals surface area contributed by atoms with Gasteiger partial charge in [-0.05, 0) is 36.2 Å². The highest BCUT2D eigenvalue weighted by Gasteiger charge is 2.17. The van der Waals surface area contributed by atoms with Crippen molar-refractivity contribution >= 4 is 39.8 Å². The van der Waals surface area contributed by atoms with Gasteiger partial charge in [-0.2, -0.15) is 0 Å². The number of hydrogen-bond donors (Lipinski definition) is 1. The molecule has 0 atom stereocenters. The average Bonchev–Trinajstić information content (AvgIpc) is 2.55. The van der Waals surface area contributed by atoms with Crippen molar-refractivity contribution in [3.05, 3.63) is 56.6 Å². The van der Waals surface area contributed by atoms with Gasteiger partial charge in [0.25, 0.3) is 5.69 Å². The largest absolute Gasteiger partial charge is 0.330 e. The summed E-state index contributed by atoms with van der Waals surface area (Å²) in [6.07, 6.45) is 2.09. The summed E-state index contributed by atoms with van der Waals surface area (Å²) in [7, 11) is 0. The molecular weight excluding hydrogens is 353 g/mol. The van der Waals surface area contributed by atoms with E-state index in [9.17, 15) is 10.1 Å². The molecule has 2 aromatic heterocycles. The van der Waals surface area contributed by atoms with Crippen LogP contribution in [0.5, 0.6) is 0 Å². The highest BCUT2D eigenvalue weighted by molar-refractivity contribution is 6.36. The number of nitrogens with two attached hydrogens (primary N) is 1. The average molecular weight is 364 g/mol. The van der Waals surface area contributed by atoms with E-state index < -0.39 is 4.92 Å². The molecule has 0 fully saturated rings. The fourth-order valence-corrected chi connectivity index (χ4v) is 2.91. The molecule has 2 heterocycles. The number of benzene rings is 1. The second-order valence-corrected chi connectivity index (χ2v) is 5.67. The molecule has 0 unspecified atom stereocenters. The number of pyridine rings is 1. The van der Waals surface area contributed by atoms with Gasteiger partial charge in [-0.3, -0.25) is 15.1 Å². The van der Waals surface area contributed by atoms with Crippen LogP contribution in [0.4, 0.5) is 5.69 Å². The number of nitrogens with zero attached hydrogens (tertiary/aromatic N) is 4. The van der Waals surface area contributed by atoms with Crippen LogP contribution in [-0.2, 0) is 6.42 Å². The predicted molar refractivity (Wildman–Crippen MR) is 92.2 cm³/mol. The molecule has 0 aliphatic rings. The molecule has 7 nitrogen and oxygen atoms in total. The van der Waals surface area contributed by atoms with Crippen molar-refractivity contribution in [3.63, 3.8) is 0 Å². The normalized spacial score (nSPS) is 11.0. The van der Waals surface area contributed by atoms with Gasteiger partial charge in [0.1, 0.15) is 10.7 Å². The van der Waals surface area contributed by atoms with Crippen molar-refractivity contribution in [1.82, 2.24) is 15.0 Å². The lowest BCUT2D eigenvalue weighted by Crippen LogP contribution is -2.05. The van der Waals surface area contributed by atoms with Gasteiger partial charge in [0.2, 0.25) is 5.28 Å². The minimum atomic E-state index is -0.463. The molecule has 3 aromatic rings. The highest BCUT2D eigenvalue weighted by Crippen LogP contribution is 2.33. The van der Waals surface area contributed by atoms with Crippen LogP contribution in [0.3, 0.4) is 0 Å². The molecule has 1 aromatic carbocycles. The maximum atomic E-state index is 11.1. The number of nitro benzene ring substituents is 1. The van der Waals surface area contributed by atoms with Crippen LogP contribution in [0.1, 0.15) is 5.56 Å². The Labute approximate surface area is 146 Å². The summed E-state index contributed by atoms with van der Waals surface area (Å²) in [5, 5.41) is 11.9. The van der Waals surface area contributed by atoms with Crippen molar-refractivity contribution in [2.45, 2.75) is 6.42 Å². The summed E-state index contributed by atoms with van der Waals surface area (Å²) in [4.78, 5) is 23.1. The Balaban J connectivity index is 2.34. The molecule has 0 radical (unpaired) electrons. The first-order valence-electron chi connectivity index (χ1n) is 6.96. The first-order valence-corrected chi connectivity index (χ1v) is 7.72. The summed E-state index contributed by atoms with van der Waals surface area (Å²) in [6.45, 7) is 0.395. The smallest absolute Gasteiger partial charge is 0.270 e. The molecule has 9 heteroatoms. The molecule has 0 amide bonds. The van der Waals surface area contributed by atoms with Crippen LogP contribution in [-0.4, -0.2) is 26.4 Å². The van der Waals surface area contributed by atoms with E-state index in [4.69, 9.17) is 28.9 Å². The van der Waals surface area contributed by atoms with E-state index in [0.717, 1.165) is 5.56 Å². The molecule has 3 rings (SSSR count). The Kier molecular flexibility index (Phi) is 4.57. The summed E-state index contributed by atoms with van der Waals surface area (Å²) in [5.74, 6) is 0. The van der Waals surface area contributed by atoms with Crippen LogP contribution in [0.25, 0.3) is 22.2 Å². The molecular formula is C15H11Cl2N5O2. The molecule has 0 saturated carbocycles. The predicted octanol–water partition coefficient (Wildman–Crippen LogP) is 3.41. The second kappa shape index (κ2) is 6.64. The van der Waals surface area contributed by atoms with E-state index in [-0.39, 0.29) is 16.1 Å². The van der Waals surface area contributed by atoms with Crippen LogP contribution < -0.4 is 5.73 Å². The van der Waals surface area contributed by atoms with Crippen molar-refractivity contribution in [2.75, 3.05) is 6.54 Å². The zero-order valence-electron chi connectivity index (χ0n) is 12.2. The minimum absolute atomic E-state index is 0.0208. The van der Waals surface area contributed by atoms with Crippen molar-refractivity contribution < 1.29 is 4.92 Å². The molecule has 122 valence electrons. The number of fused-ring (bicyclic) bond motifs is 1. The fourth-order valence-electron chi connectivity index (χ4n) is 2.46. The second-order valence-electron chi connectivity index (χ2n) is 4.98. The number of halogens is 2. The van der Waals surface area contributed by atoms with Gasteiger partial charge in [0, 0.05) is 29.3 Å². The van der Waals surface area contributed by atoms with E-state index in [1.807, 2.05) is 0 Å². The summed E-state index contributed by atoms with van der Waals surface area (Å²) in [5.41, 5.74) is 7.88. The zero-order valence-corrected chi connectivity index (χ0v) is 13.8. The number of rotatable bonds is 4. The van der Waals surface area contributed by atoms with Gasteiger partial charge in [0.15, 0.2) is 0 Å². The van der Waals surface area contributed by atoms with Crippen LogP contribution in [0, 0.1) is 10.1 Å². The summed E-state index contributed by atoms with van der Waals surface area (Å²) >= 11 is 12.0. The SMILES string of the molecule is NCCc1ccc([N+](=O)[O-])cc1-c1nccc2c(Cl)nc(Cl)nc12. The van der Waals surface area contributed by atoms with Gasteiger partial charge in [0.05, 0.1) is 10.6 Å². The Hall–Kier alpha value is -2.35. The standard InChI is InChI=1S/C15H11Cl2N5O2/c16-14-10-4-6-19-12(13(10)20-15(17)21-14)11-7-9(22(23)24)2-1-8(11)3-5-18/h1-2,4,6-7H,3,5,18H2. The Morgan fingerprint density at radius 1 is 1.21 bits per heavy atom. The Morgan fingerprint density at radius 3 is 2.71 bits per heavy atom. The monoisotopic (exact) mass is 363 g/mol. The first-order chi connectivity index (χ1) is 11.5. The maximum Gasteiger partial charge on any atom is 0.270 e. The third-order valence-electron chi connectivity index (χ3n) is 3.51. The quantitative estimate of drug-likeness (QED) is 0.329. The van der Waals surface area contributed by atoms with Crippen LogP contribution in [0.15, 0.2) is 30.5 Å². The van der Waals surface area contributed by atoms with Gasteiger partial charge in [-0.15, -0.1) is 0 Å². The lowest BCUT2D eigenvalue weighted by molar-refractivity contribution is -0.384. The number of hydrogen-bond acceptors (Lipinski definition) is 6. The van der Waals surface area contributed by atoms with Crippen molar-refractivity contribution in [2.24, 2.45) is 5.73 Å². The molecule has 0 aliphatic carbocycles. The van der Waals surface area contributed by atoms with E-state index in [1.54, 1.807) is 18.3 Å². The third kappa shape index (κ3) is 3.01. The zero-order chi connectivity index (χ0) is 17.3. The lowest BCUT2D eigenvalue weighted by Gasteiger charge is -2.11. The molecule has 0 saturated heterocycles. The van der Waals surface area contributed by atoms with Gasteiger partial charge >= 0.3 is 0 Å². The minimum Gasteiger partial charge on any atom is -0.330 e. The van der Waals surface area contributed by atoms with Gasteiger partial charge in [-0.1, -0.05) is 17.7 Å². The molecule has 0 aliphatic heterocycles. The van der Waals surface area contributed by atoms with E-state index in [0.29, 0.717) is 35.1 Å². The number of aromatic nitrogens is 3. The lowest BCUT2D eigenvalue weighted by atomic mass is 9.99. The number of nitro groups is 1. The Morgan fingerprint density at radius 2 is 2.00 bits per heavy atom. The maximum absolute atomic E-state index is 11.1. The van der Waals surface area contributed by atoms with Crippen molar-refractivity contribution in [1.29, 1.82) is 0 Å². The summed E-state index contributed by atoms with van der Waals surface area (Å²) < 4.78 is 0. The van der Waals surface area contributed by atoms with E-state index in [1.165, 1.54) is 12.1 Å². The number of non-ortho nitro benzene ring substituents is 1. The van der Waals surface area contributed by atoms with Crippen LogP contribution >= 0.6 is 23.2 Å². The molecule has 0 spiro atoms. The van der Waals surface area contributed by atoms with E-state index in [2.05, 4.69) is 15.0 Å². The molecule has 2 N–H and O–H groups in total. The van der Waals surface area contributed by atoms with Crippen LogP contribution in [0.2, 0.25) is 10.4 Å². The van der Waals surface area contributed by atoms with Crippen molar-refractivity contribution in [3.8, 4) is 11.3 Å². The topological polar surface area (TPSA) is 108 Å².